The maximum absolute atomic E-state index is 11.8. The molecule has 0 unspecified atom stereocenters. The molecule has 1 atom stereocenters. The first kappa shape index (κ1) is 16.6. The van der Waals surface area contributed by atoms with Gasteiger partial charge in [0.15, 0.2) is 10.4 Å². The minimum absolute atomic E-state index is 0.110. The van der Waals surface area contributed by atoms with E-state index in [1.807, 2.05) is 6.07 Å². The van der Waals surface area contributed by atoms with Gasteiger partial charge in [-0.3, -0.25) is 9.59 Å². The van der Waals surface area contributed by atoms with Gasteiger partial charge in [-0.2, -0.15) is 0 Å². The molecule has 0 saturated carbocycles. The van der Waals surface area contributed by atoms with Crippen LogP contribution in [0.2, 0.25) is 5.02 Å². The van der Waals surface area contributed by atoms with Crippen LogP contribution in [-0.4, -0.2) is 18.4 Å². The van der Waals surface area contributed by atoms with E-state index in [-0.39, 0.29) is 12.3 Å². The van der Waals surface area contributed by atoms with Gasteiger partial charge in [0.1, 0.15) is 12.6 Å². The van der Waals surface area contributed by atoms with E-state index in [2.05, 4.69) is 21.2 Å². The summed E-state index contributed by atoms with van der Waals surface area (Å²) in [6.45, 7) is 1.45. The molecule has 1 N–H and O–H groups in total. The average molecular weight is 387 g/mol. The number of nitrogens with one attached hydrogen (secondary N) is 1. The van der Waals surface area contributed by atoms with Crippen molar-refractivity contribution in [3.8, 4) is 0 Å². The highest BCUT2D eigenvalue weighted by atomic mass is 79.9. The summed E-state index contributed by atoms with van der Waals surface area (Å²) in [5.41, 5.74) is 0.707. The summed E-state index contributed by atoms with van der Waals surface area (Å²) in [5.74, 6) is -0.946. The molecule has 7 heteroatoms. The zero-order chi connectivity index (χ0) is 16.1. The van der Waals surface area contributed by atoms with Crippen molar-refractivity contribution in [1.82, 2.24) is 5.32 Å². The lowest BCUT2D eigenvalue weighted by Crippen LogP contribution is -2.30. The molecule has 0 aliphatic rings. The number of esters is 1. The van der Waals surface area contributed by atoms with Crippen molar-refractivity contribution in [2.45, 2.75) is 13.0 Å². The number of rotatable bonds is 5. The molecule has 22 heavy (non-hydrogen) atoms. The van der Waals surface area contributed by atoms with Gasteiger partial charge in [0.25, 0.3) is 5.91 Å². The number of amides is 1. The summed E-state index contributed by atoms with van der Waals surface area (Å²) in [6.07, 6.45) is -0.504. The minimum atomic E-state index is -0.564. The highest BCUT2D eigenvalue weighted by Gasteiger charge is 2.16. The van der Waals surface area contributed by atoms with E-state index < -0.39 is 18.0 Å². The Labute approximate surface area is 140 Å². The second-order valence-electron chi connectivity index (χ2n) is 4.44. The molecule has 0 aliphatic carbocycles. The van der Waals surface area contributed by atoms with Crippen molar-refractivity contribution in [2.75, 3.05) is 6.54 Å². The fraction of sp³-hybridized carbons (Fsp3) is 0.200. The number of furan rings is 1. The molecule has 0 spiro atoms. The Hall–Kier alpha value is -1.79. The fourth-order valence-electron chi connectivity index (χ4n) is 1.78. The van der Waals surface area contributed by atoms with Crippen molar-refractivity contribution in [1.29, 1.82) is 0 Å². The third-order valence-electron chi connectivity index (χ3n) is 2.84. The van der Waals surface area contributed by atoms with Crippen molar-refractivity contribution < 1.29 is 18.7 Å². The Bertz CT molecular complexity index is 686. The van der Waals surface area contributed by atoms with E-state index in [0.717, 1.165) is 0 Å². The third kappa shape index (κ3) is 4.35. The fourth-order valence-corrected chi connectivity index (χ4v) is 2.38. The molecule has 116 valence electrons. The van der Waals surface area contributed by atoms with Gasteiger partial charge in [-0.25, -0.2) is 0 Å². The van der Waals surface area contributed by atoms with Crippen LogP contribution in [0.3, 0.4) is 0 Å². The normalized spacial score (nSPS) is 11.8. The van der Waals surface area contributed by atoms with Gasteiger partial charge in [-0.1, -0.05) is 29.8 Å². The molecule has 2 rings (SSSR count). The zero-order valence-electron chi connectivity index (χ0n) is 11.6. The number of carbonyl (C=O) groups excluding carboxylic acids is 2. The summed E-state index contributed by atoms with van der Waals surface area (Å²) < 4.78 is 10.7. The molecule has 1 aromatic carbocycles. The van der Waals surface area contributed by atoms with E-state index in [1.54, 1.807) is 31.2 Å². The van der Waals surface area contributed by atoms with Crippen LogP contribution in [0.15, 0.2) is 45.5 Å². The molecule has 0 bridgehead atoms. The van der Waals surface area contributed by atoms with Gasteiger partial charge in [0.2, 0.25) is 0 Å². The zero-order valence-corrected chi connectivity index (χ0v) is 14.0. The molecule has 1 aromatic heterocycles. The molecule has 5 nitrogen and oxygen atoms in total. The van der Waals surface area contributed by atoms with Gasteiger partial charge in [-0.15, -0.1) is 0 Å². The standard InChI is InChI=1S/C15H13BrClNO4/c1-9(10-4-2-3-5-11(10)17)21-14(19)8-18-15(20)12-6-7-13(16)22-12/h2-7,9H,8H2,1H3,(H,18,20)/t9-/m1/s1. The van der Waals surface area contributed by atoms with Crippen molar-refractivity contribution in [2.24, 2.45) is 0 Å². The SMILES string of the molecule is C[C@@H](OC(=O)CNC(=O)c1ccc(Br)o1)c1ccccc1Cl. The average Bonchev–Trinajstić information content (AvgIpc) is 2.91. The molecular weight excluding hydrogens is 374 g/mol. The van der Waals surface area contributed by atoms with E-state index in [9.17, 15) is 9.59 Å². The molecule has 0 saturated heterocycles. The summed E-state index contributed by atoms with van der Waals surface area (Å²) in [7, 11) is 0. The van der Waals surface area contributed by atoms with Gasteiger partial charge in [0.05, 0.1) is 0 Å². The number of benzene rings is 1. The number of hydrogen-bond acceptors (Lipinski definition) is 4. The maximum Gasteiger partial charge on any atom is 0.326 e. The summed E-state index contributed by atoms with van der Waals surface area (Å²) >= 11 is 9.13. The molecule has 2 aromatic rings. The predicted octanol–water partition coefficient (Wildman–Crippen LogP) is 3.73. The van der Waals surface area contributed by atoms with Crippen LogP contribution < -0.4 is 5.32 Å². The lowest BCUT2D eigenvalue weighted by molar-refractivity contribution is -0.147. The Morgan fingerprint density at radius 3 is 2.68 bits per heavy atom. The number of ether oxygens (including phenoxy) is 1. The molecular formula is C15H13BrClNO4. The van der Waals surface area contributed by atoms with E-state index in [4.69, 9.17) is 20.8 Å². The first-order valence-electron chi connectivity index (χ1n) is 6.45. The molecule has 1 amide bonds. The number of halogens is 2. The van der Waals surface area contributed by atoms with Crippen molar-refractivity contribution in [3.63, 3.8) is 0 Å². The quantitative estimate of drug-likeness (QED) is 0.795. The summed E-state index contributed by atoms with van der Waals surface area (Å²) in [5, 5.41) is 2.94. The van der Waals surface area contributed by atoms with Crippen LogP contribution in [-0.2, 0) is 9.53 Å². The highest BCUT2D eigenvalue weighted by molar-refractivity contribution is 9.10. The van der Waals surface area contributed by atoms with Crippen LogP contribution >= 0.6 is 27.5 Å². The van der Waals surface area contributed by atoms with E-state index >= 15 is 0 Å². The van der Waals surface area contributed by atoms with Gasteiger partial charge in [0, 0.05) is 10.6 Å². The maximum atomic E-state index is 11.8. The van der Waals surface area contributed by atoms with Crippen molar-refractivity contribution in [3.05, 3.63) is 57.4 Å². The third-order valence-corrected chi connectivity index (χ3v) is 3.61. The molecule has 0 fully saturated rings. The Morgan fingerprint density at radius 1 is 1.32 bits per heavy atom. The topological polar surface area (TPSA) is 68.5 Å². The molecule has 0 aliphatic heterocycles. The largest absolute Gasteiger partial charge is 0.456 e. The van der Waals surface area contributed by atoms with Crippen LogP contribution in [0.25, 0.3) is 0 Å². The smallest absolute Gasteiger partial charge is 0.326 e. The second-order valence-corrected chi connectivity index (χ2v) is 5.63. The van der Waals surface area contributed by atoms with E-state index in [0.29, 0.717) is 15.3 Å². The lowest BCUT2D eigenvalue weighted by Gasteiger charge is -2.15. The van der Waals surface area contributed by atoms with Crippen LogP contribution in [0.4, 0.5) is 0 Å². The lowest BCUT2D eigenvalue weighted by atomic mass is 10.1. The van der Waals surface area contributed by atoms with Crippen molar-refractivity contribution >= 4 is 39.4 Å². The second kappa shape index (κ2) is 7.47. The highest BCUT2D eigenvalue weighted by Crippen LogP contribution is 2.24. The van der Waals surface area contributed by atoms with Crippen LogP contribution in [0, 0.1) is 0 Å². The minimum Gasteiger partial charge on any atom is -0.456 e. The molecule has 1 heterocycles. The Kier molecular flexibility index (Phi) is 5.63. The first-order valence-corrected chi connectivity index (χ1v) is 7.62. The predicted molar refractivity (Wildman–Crippen MR) is 84.7 cm³/mol. The summed E-state index contributed by atoms with van der Waals surface area (Å²) in [6, 6.07) is 10.2. The summed E-state index contributed by atoms with van der Waals surface area (Å²) in [4.78, 5) is 23.5. The van der Waals surface area contributed by atoms with E-state index in [1.165, 1.54) is 6.07 Å². The number of carbonyl (C=O) groups is 2. The number of hydrogen-bond donors (Lipinski definition) is 1. The van der Waals surface area contributed by atoms with Gasteiger partial charge < -0.3 is 14.5 Å². The van der Waals surface area contributed by atoms with Crippen LogP contribution in [0.1, 0.15) is 29.1 Å². The first-order chi connectivity index (χ1) is 10.5. The monoisotopic (exact) mass is 385 g/mol. The Balaban J connectivity index is 1.85. The van der Waals surface area contributed by atoms with Gasteiger partial charge >= 0.3 is 5.97 Å². The Morgan fingerprint density at radius 2 is 2.05 bits per heavy atom. The van der Waals surface area contributed by atoms with Crippen LogP contribution in [0.5, 0.6) is 0 Å². The van der Waals surface area contributed by atoms with Gasteiger partial charge in [-0.05, 0) is 41.1 Å². The molecule has 0 radical (unpaired) electrons.